The molecule has 0 heterocycles. The lowest BCUT2D eigenvalue weighted by atomic mass is 9.56. The molecule has 8 nitrogen and oxygen atoms in total. The molecule has 29 heavy (non-hydrogen) atoms. The van der Waals surface area contributed by atoms with E-state index in [9.17, 15) is 9.90 Å². The molecule has 1 aromatic carbocycles. The second kappa shape index (κ2) is 9.15. The van der Waals surface area contributed by atoms with Crippen LogP contribution in [0.4, 0.5) is 0 Å². The van der Waals surface area contributed by atoms with Crippen molar-refractivity contribution in [2.45, 2.75) is 68.6 Å². The Morgan fingerprint density at radius 2 is 1.97 bits per heavy atom. The van der Waals surface area contributed by atoms with Gasteiger partial charge in [0.05, 0.1) is 5.60 Å². The predicted molar refractivity (Wildman–Crippen MR) is 112 cm³/mol. The van der Waals surface area contributed by atoms with E-state index in [0.717, 1.165) is 44.1 Å². The molecule has 4 rings (SSSR count). The number of rotatable bonds is 9. The maximum absolute atomic E-state index is 12.8. The van der Waals surface area contributed by atoms with Crippen LogP contribution in [-0.2, 0) is 10.1 Å². The first-order valence-corrected chi connectivity index (χ1v) is 10.3. The molecule has 0 spiro atoms. The van der Waals surface area contributed by atoms with Crippen molar-refractivity contribution in [2.24, 2.45) is 5.73 Å². The topological polar surface area (TPSA) is 141 Å². The van der Waals surface area contributed by atoms with Gasteiger partial charge in [0.25, 0.3) is 5.91 Å². The van der Waals surface area contributed by atoms with E-state index in [1.807, 2.05) is 12.1 Å². The minimum absolute atomic E-state index is 0.0557. The highest BCUT2D eigenvalue weighted by Crippen LogP contribution is 2.53. The van der Waals surface area contributed by atoms with E-state index in [-0.39, 0.29) is 17.3 Å². The van der Waals surface area contributed by atoms with Crippen molar-refractivity contribution in [3.8, 4) is 0 Å². The number of fused-ring (bicyclic) bond motifs is 3. The smallest absolute Gasteiger partial charge is 0.430 e. The summed E-state index contributed by atoms with van der Waals surface area (Å²) in [5.41, 5.74) is 6.55. The number of guanidine groups is 1. The van der Waals surface area contributed by atoms with Gasteiger partial charge in [0, 0.05) is 12.1 Å². The van der Waals surface area contributed by atoms with Crippen LogP contribution < -0.4 is 16.4 Å². The minimum Gasteiger partial charge on any atom is -0.430 e. The highest BCUT2D eigenvalue weighted by atomic mass is 16.5. The lowest BCUT2D eigenvalue weighted by Gasteiger charge is -2.51. The summed E-state index contributed by atoms with van der Waals surface area (Å²) in [6, 6.07) is 7.73. The first-order valence-electron chi connectivity index (χ1n) is 10.3. The number of hydrogen-bond acceptors (Lipinski definition) is 5. The molecular formula is C20H31BN4O4. The van der Waals surface area contributed by atoms with Gasteiger partial charge in [0.15, 0.2) is 5.96 Å². The number of nitrogens with two attached hydrogens (primary N) is 1. The quantitative estimate of drug-likeness (QED) is 0.118. The van der Waals surface area contributed by atoms with Crippen molar-refractivity contribution in [3.63, 3.8) is 0 Å². The maximum atomic E-state index is 12.8. The first-order chi connectivity index (χ1) is 13.9. The summed E-state index contributed by atoms with van der Waals surface area (Å²) in [7, 11) is -0.489. The minimum atomic E-state index is -0.623. The number of nitrogens with one attached hydrogen (secondary N) is 3. The lowest BCUT2D eigenvalue weighted by Crippen LogP contribution is -2.48. The van der Waals surface area contributed by atoms with Crippen molar-refractivity contribution in [3.05, 3.63) is 35.4 Å². The van der Waals surface area contributed by atoms with Crippen molar-refractivity contribution in [2.75, 3.05) is 6.54 Å². The van der Waals surface area contributed by atoms with Crippen LogP contribution in [0.25, 0.3) is 0 Å². The fourth-order valence-electron chi connectivity index (χ4n) is 4.62. The van der Waals surface area contributed by atoms with Crippen LogP contribution in [-0.4, -0.2) is 48.1 Å². The largest absolute Gasteiger partial charge is 0.436 e. The normalized spacial score (nSPS) is 26.6. The molecule has 0 radical (unpaired) electrons. The molecule has 0 unspecified atom stereocenters. The summed E-state index contributed by atoms with van der Waals surface area (Å²) in [5, 5.41) is 32.3. The van der Waals surface area contributed by atoms with Crippen LogP contribution in [0.1, 0.15) is 67.3 Å². The molecule has 0 aliphatic heterocycles. The first kappa shape index (κ1) is 21.6. The van der Waals surface area contributed by atoms with E-state index in [0.29, 0.717) is 24.9 Å². The highest BCUT2D eigenvalue weighted by Gasteiger charge is 2.48. The summed E-state index contributed by atoms with van der Waals surface area (Å²) in [6.07, 6.45) is 5.81. The number of carbonyl (C=O) groups is 1. The van der Waals surface area contributed by atoms with E-state index in [2.05, 4.69) is 16.7 Å². The molecule has 3 saturated carbocycles. The zero-order chi connectivity index (χ0) is 20.9. The third-order valence-corrected chi connectivity index (χ3v) is 6.47. The molecule has 3 aliphatic rings. The molecule has 2 bridgehead atoms. The zero-order valence-corrected chi connectivity index (χ0v) is 16.7. The average molecular weight is 402 g/mol. The Labute approximate surface area is 172 Å². The number of hydrogen-bond donors (Lipinski definition) is 6. The fourth-order valence-corrected chi connectivity index (χ4v) is 4.62. The van der Waals surface area contributed by atoms with Gasteiger partial charge in [-0.25, -0.2) is 0 Å². The molecule has 1 amide bonds. The number of amides is 1. The second-order valence-corrected chi connectivity index (χ2v) is 8.33. The summed E-state index contributed by atoms with van der Waals surface area (Å²) < 4.78 is 5.23. The fraction of sp³-hybridized carbons (Fsp3) is 0.600. The monoisotopic (exact) mass is 402 g/mol. The maximum Gasteiger partial charge on any atom is 0.436 e. The van der Waals surface area contributed by atoms with Crippen LogP contribution in [0.5, 0.6) is 0 Å². The molecule has 3 fully saturated rings. The van der Waals surface area contributed by atoms with Crippen molar-refractivity contribution < 1.29 is 19.6 Å². The Morgan fingerprint density at radius 1 is 1.28 bits per heavy atom. The molecule has 158 valence electrons. The van der Waals surface area contributed by atoms with Crippen molar-refractivity contribution in [1.82, 2.24) is 10.6 Å². The Balaban J connectivity index is 1.63. The summed E-state index contributed by atoms with van der Waals surface area (Å²) >= 11 is 0. The third kappa shape index (κ3) is 5.29. The van der Waals surface area contributed by atoms with Crippen LogP contribution in [0.3, 0.4) is 0 Å². The number of aliphatic hydroxyl groups is 1. The van der Waals surface area contributed by atoms with Crippen LogP contribution in [0, 0.1) is 5.41 Å². The summed E-state index contributed by atoms with van der Waals surface area (Å²) in [5.74, 6) is -0.349. The Kier molecular flexibility index (Phi) is 6.82. The van der Waals surface area contributed by atoms with Gasteiger partial charge in [-0.1, -0.05) is 12.1 Å². The molecule has 7 N–H and O–H groups in total. The molecule has 9 heteroatoms. The van der Waals surface area contributed by atoms with Gasteiger partial charge >= 0.3 is 7.69 Å². The molecule has 0 saturated heterocycles. The van der Waals surface area contributed by atoms with Gasteiger partial charge in [-0.2, -0.15) is 0 Å². The van der Waals surface area contributed by atoms with Gasteiger partial charge in [0.1, 0.15) is 6.23 Å². The van der Waals surface area contributed by atoms with Crippen LogP contribution in [0.15, 0.2) is 24.3 Å². The molecule has 1 atom stereocenters. The van der Waals surface area contributed by atoms with E-state index in [4.69, 9.17) is 20.8 Å². The van der Waals surface area contributed by atoms with Gasteiger partial charge < -0.3 is 31.2 Å². The molecular weight excluding hydrogens is 371 g/mol. The molecule has 1 aromatic rings. The predicted octanol–water partition coefficient (Wildman–Crippen LogP) is 0.618. The third-order valence-electron chi connectivity index (χ3n) is 6.47. The van der Waals surface area contributed by atoms with E-state index in [1.54, 1.807) is 6.07 Å². The average Bonchev–Trinajstić information content (AvgIpc) is 2.72. The highest BCUT2D eigenvalue weighted by molar-refractivity contribution is 6.16. The Bertz CT molecular complexity index is 720. The van der Waals surface area contributed by atoms with Gasteiger partial charge in [-0.05, 0) is 74.5 Å². The number of benzene rings is 1. The van der Waals surface area contributed by atoms with Gasteiger partial charge in [-0.3, -0.25) is 10.2 Å². The van der Waals surface area contributed by atoms with Crippen LogP contribution >= 0.6 is 0 Å². The second-order valence-electron chi connectivity index (χ2n) is 8.33. The van der Waals surface area contributed by atoms with E-state index in [1.165, 1.54) is 0 Å². The SMILES string of the molecule is N=C(N)NCCC[C@H](NC(=O)c1cccc(C23CCC(O)(CC2)CC3)c1)OBO. The van der Waals surface area contributed by atoms with E-state index >= 15 is 0 Å². The van der Waals surface area contributed by atoms with E-state index < -0.39 is 19.5 Å². The van der Waals surface area contributed by atoms with Crippen molar-refractivity contribution in [1.29, 1.82) is 5.41 Å². The summed E-state index contributed by atoms with van der Waals surface area (Å²) in [6.45, 7) is 0.487. The zero-order valence-electron chi connectivity index (χ0n) is 16.7. The molecule has 0 aromatic heterocycles. The van der Waals surface area contributed by atoms with Gasteiger partial charge in [0.2, 0.25) is 0 Å². The molecule has 3 aliphatic carbocycles. The standard InChI is InChI=1S/C20H31BN4O4/c22-18(23)24-12-2-5-16(29-21-28)25-17(26)14-3-1-4-15(13-14)19-6-9-20(27,10-7-19)11-8-19/h1,3-4,13,16,21,27-28H,2,5-12H2,(H,25,26)(H4,22,23,24)/t16-,19?,20?/m1/s1. The summed E-state index contributed by atoms with van der Waals surface area (Å²) in [4.78, 5) is 12.8. The van der Waals surface area contributed by atoms with Crippen molar-refractivity contribution >= 4 is 19.6 Å². The van der Waals surface area contributed by atoms with Crippen LogP contribution in [0.2, 0.25) is 0 Å². The van der Waals surface area contributed by atoms with Gasteiger partial charge in [-0.15, -0.1) is 0 Å². The Morgan fingerprint density at radius 3 is 2.59 bits per heavy atom. The lowest BCUT2D eigenvalue weighted by molar-refractivity contribution is -0.0660. The number of carbonyl (C=O) groups excluding carboxylic acids is 1. The Hall–Kier alpha value is -2.10.